The maximum atomic E-state index is 14.1. The molecule has 1 aromatic carbocycles. The van der Waals surface area contributed by atoms with Crippen LogP contribution in [0.4, 0.5) is 13.2 Å². The van der Waals surface area contributed by atoms with Crippen LogP contribution in [0.25, 0.3) is 11.3 Å². The lowest BCUT2D eigenvalue weighted by Gasteiger charge is -2.22. The van der Waals surface area contributed by atoms with Crippen molar-refractivity contribution in [1.82, 2.24) is 35.3 Å². The number of benzene rings is 1. The van der Waals surface area contributed by atoms with Crippen LogP contribution >= 0.6 is 0 Å². The molecule has 2 N–H and O–H groups in total. The molecule has 41 heavy (non-hydrogen) atoms. The van der Waals surface area contributed by atoms with Gasteiger partial charge in [-0.05, 0) is 30.7 Å². The number of amides is 1. The van der Waals surface area contributed by atoms with Crippen molar-refractivity contribution in [3.63, 3.8) is 0 Å². The monoisotopic (exact) mass is 589 g/mol. The Balaban J connectivity index is 1.64. The largest absolute Gasteiger partial charge is 0.416 e. The van der Waals surface area contributed by atoms with Crippen molar-refractivity contribution in [3.8, 4) is 11.3 Å². The van der Waals surface area contributed by atoms with Gasteiger partial charge < -0.3 is 9.88 Å². The van der Waals surface area contributed by atoms with E-state index in [0.717, 1.165) is 6.07 Å². The maximum Gasteiger partial charge on any atom is 0.416 e. The van der Waals surface area contributed by atoms with E-state index in [1.54, 1.807) is 17.6 Å². The van der Waals surface area contributed by atoms with Crippen molar-refractivity contribution >= 4 is 15.7 Å². The number of hydrogen-bond donors (Lipinski definition) is 2. The van der Waals surface area contributed by atoms with E-state index in [0.29, 0.717) is 17.2 Å². The van der Waals surface area contributed by atoms with E-state index in [9.17, 15) is 26.4 Å². The lowest BCUT2D eigenvalue weighted by Crippen LogP contribution is -2.24. The third-order valence-corrected chi connectivity index (χ3v) is 8.25. The Morgan fingerprint density at radius 3 is 2.39 bits per heavy atom. The van der Waals surface area contributed by atoms with Crippen molar-refractivity contribution in [2.45, 2.75) is 64.2 Å². The molecule has 218 valence electrons. The van der Waals surface area contributed by atoms with Crippen LogP contribution in [0.2, 0.25) is 0 Å². The molecule has 0 atom stereocenters. The Hall–Kier alpha value is -4.07. The number of rotatable bonds is 8. The van der Waals surface area contributed by atoms with E-state index in [1.165, 1.54) is 37.5 Å². The summed E-state index contributed by atoms with van der Waals surface area (Å²) < 4.78 is 68.1. The third-order valence-electron chi connectivity index (χ3n) is 6.53. The first kappa shape index (κ1) is 29.9. The summed E-state index contributed by atoms with van der Waals surface area (Å²) in [6.45, 7) is 8.60. The summed E-state index contributed by atoms with van der Waals surface area (Å²) in [4.78, 5) is 21.9. The molecule has 14 heteroatoms. The average Bonchev–Trinajstić information content (AvgIpc) is 3.56. The molecule has 0 aliphatic rings. The minimum atomic E-state index is -4.63. The summed E-state index contributed by atoms with van der Waals surface area (Å²) in [5.41, 5.74) is 0.0545. The first-order chi connectivity index (χ1) is 19.1. The third kappa shape index (κ3) is 6.47. The zero-order valence-electron chi connectivity index (χ0n) is 23.2. The van der Waals surface area contributed by atoms with Gasteiger partial charge >= 0.3 is 6.18 Å². The van der Waals surface area contributed by atoms with E-state index in [2.05, 4.69) is 30.7 Å². The quantitative estimate of drug-likeness (QED) is 0.310. The Morgan fingerprint density at radius 2 is 1.83 bits per heavy atom. The first-order valence-electron chi connectivity index (χ1n) is 12.7. The zero-order chi connectivity index (χ0) is 30.2. The molecule has 0 spiro atoms. The molecule has 0 aliphatic carbocycles. The SMILES string of the molecule is CCS(=O)(=O)c1ccc(CNC(=O)c2nc(C(C)(C)C)n(Cc3ccc(-c4cn[nH]n4)cc3C(F)(F)F)c2C)nc1. The molecule has 10 nitrogen and oxygen atoms in total. The molecule has 0 radical (unpaired) electrons. The van der Waals surface area contributed by atoms with Crippen LogP contribution in [-0.2, 0) is 34.5 Å². The molecule has 3 aromatic heterocycles. The molecule has 1 amide bonds. The number of carbonyl (C=O) groups is 1. The minimum Gasteiger partial charge on any atom is -0.345 e. The summed E-state index contributed by atoms with van der Waals surface area (Å²) >= 11 is 0. The Kier molecular flexibility index (Phi) is 8.07. The number of halogens is 3. The number of aromatic amines is 1. The van der Waals surface area contributed by atoms with Crippen LogP contribution in [0.3, 0.4) is 0 Å². The highest BCUT2D eigenvalue weighted by atomic mass is 32.2. The number of hydrogen-bond acceptors (Lipinski definition) is 7. The fraction of sp³-hybridized carbons (Fsp3) is 0.370. The van der Waals surface area contributed by atoms with Crippen LogP contribution in [0.1, 0.15) is 66.5 Å². The molecule has 0 fully saturated rings. The minimum absolute atomic E-state index is 0.00414. The van der Waals surface area contributed by atoms with Crippen LogP contribution < -0.4 is 5.32 Å². The van der Waals surface area contributed by atoms with E-state index in [1.807, 2.05) is 20.8 Å². The van der Waals surface area contributed by atoms with Crippen LogP contribution in [-0.4, -0.2) is 50.0 Å². The predicted octanol–water partition coefficient (Wildman–Crippen LogP) is 4.46. The van der Waals surface area contributed by atoms with Crippen molar-refractivity contribution in [3.05, 3.63) is 76.8 Å². The molecule has 0 bridgehead atoms. The van der Waals surface area contributed by atoms with Gasteiger partial charge in [-0.3, -0.25) is 9.78 Å². The second kappa shape index (κ2) is 11.1. The number of imidazole rings is 1. The molecule has 0 aliphatic heterocycles. The Labute approximate surface area is 235 Å². The molecule has 3 heterocycles. The van der Waals surface area contributed by atoms with Crippen molar-refractivity contribution in [2.24, 2.45) is 0 Å². The number of carbonyl (C=O) groups excluding carboxylic acids is 1. The number of aromatic nitrogens is 6. The number of alkyl halides is 3. The van der Waals surface area contributed by atoms with Gasteiger partial charge in [-0.15, -0.1) is 0 Å². The van der Waals surface area contributed by atoms with Gasteiger partial charge in [0.2, 0.25) is 0 Å². The van der Waals surface area contributed by atoms with E-state index in [4.69, 9.17) is 0 Å². The van der Waals surface area contributed by atoms with Gasteiger partial charge in [0.05, 0.1) is 34.6 Å². The summed E-state index contributed by atoms with van der Waals surface area (Å²) in [6, 6.07) is 6.91. The number of H-pyrrole nitrogens is 1. The number of nitrogens with one attached hydrogen (secondary N) is 2. The fourth-order valence-corrected chi connectivity index (χ4v) is 5.11. The molecule has 4 aromatic rings. The van der Waals surface area contributed by atoms with Gasteiger partial charge in [0.15, 0.2) is 9.84 Å². The van der Waals surface area contributed by atoms with Crippen molar-refractivity contribution in [1.29, 1.82) is 0 Å². The Morgan fingerprint density at radius 1 is 1.10 bits per heavy atom. The van der Waals surface area contributed by atoms with Crippen molar-refractivity contribution in [2.75, 3.05) is 5.75 Å². The summed E-state index contributed by atoms with van der Waals surface area (Å²) in [5, 5.41) is 12.7. The highest BCUT2D eigenvalue weighted by molar-refractivity contribution is 7.91. The highest BCUT2D eigenvalue weighted by Gasteiger charge is 2.35. The van der Waals surface area contributed by atoms with E-state index >= 15 is 0 Å². The van der Waals surface area contributed by atoms with E-state index < -0.39 is 32.9 Å². The lowest BCUT2D eigenvalue weighted by atomic mass is 9.95. The van der Waals surface area contributed by atoms with E-state index in [-0.39, 0.29) is 46.3 Å². The lowest BCUT2D eigenvalue weighted by molar-refractivity contribution is -0.138. The molecular weight excluding hydrogens is 559 g/mol. The van der Waals surface area contributed by atoms with Gasteiger partial charge in [-0.1, -0.05) is 39.8 Å². The van der Waals surface area contributed by atoms with Gasteiger partial charge in [-0.2, -0.15) is 28.6 Å². The summed E-state index contributed by atoms with van der Waals surface area (Å²) in [5.74, 6) is -0.142. The predicted molar refractivity (Wildman–Crippen MR) is 145 cm³/mol. The average molecular weight is 590 g/mol. The molecular formula is C27H30F3N7O3S. The normalized spacial score (nSPS) is 12.5. The first-order valence-corrected chi connectivity index (χ1v) is 14.4. The van der Waals surface area contributed by atoms with Crippen molar-refractivity contribution < 1.29 is 26.4 Å². The van der Waals surface area contributed by atoms with Gasteiger partial charge in [0.1, 0.15) is 17.2 Å². The van der Waals surface area contributed by atoms with Crippen LogP contribution in [0, 0.1) is 6.92 Å². The number of pyridine rings is 1. The summed E-state index contributed by atoms with van der Waals surface area (Å²) in [6.07, 6.45) is -2.05. The van der Waals surface area contributed by atoms with Crippen LogP contribution in [0.5, 0.6) is 0 Å². The second-order valence-corrected chi connectivity index (χ2v) is 12.8. The fourth-order valence-electron chi connectivity index (χ4n) is 4.28. The van der Waals surface area contributed by atoms with Gasteiger partial charge in [-0.25, -0.2) is 13.4 Å². The second-order valence-electron chi connectivity index (χ2n) is 10.5. The Bertz CT molecular complexity index is 1660. The number of sulfone groups is 1. The molecule has 0 saturated heterocycles. The molecule has 0 saturated carbocycles. The maximum absolute atomic E-state index is 14.1. The van der Waals surface area contributed by atoms with Gasteiger partial charge in [0, 0.05) is 29.4 Å². The smallest absolute Gasteiger partial charge is 0.345 e. The molecule has 4 rings (SSSR count). The van der Waals surface area contributed by atoms with Gasteiger partial charge in [0.25, 0.3) is 5.91 Å². The zero-order valence-corrected chi connectivity index (χ0v) is 24.0. The topological polar surface area (TPSA) is 136 Å². The standard InChI is InChI=1S/C27H30F3N7O3S/c1-6-41(39,40)20-10-9-19(31-13-20)12-32-24(38)23-16(2)37(25(34-23)26(3,4)5)15-18-8-7-17(22-14-33-36-35-22)11-21(18)27(28,29)30/h7-11,13-14H,6,12,15H2,1-5H3,(H,32,38)(H,33,35,36). The van der Waals surface area contributed by atoms with Crippen LogP contribution in [0.15, 0.2) is 47.6 Å². The summed E-state index contributed by atoms with van der Waals surface area (Å²) in [7, 11) is -3.40. The molecule has 0 unspecified atom stereocenters. The highest BCUT2D eigenvalue weighted by Crippen LogP contribution is 2.36. The number of nitrogens with zero attached hydrogens (tertiary/aromatic N) is 5.